The van der Waals surface area contributed by atoms with E-state index in [1.165, 1.54) is 18.2 Å². The molecule has 1 saturated carbocycles. The van der Waals surface area contributed by atoms with Gasteiger partial charge in [-0.1, -0.05) is 11.6 Å². The van der Waals surface area contributed by atoms with Crippen LogP contribution in [0, 0.1) is 5.92 Å². The van der Waals surface area contributed by atoms with Crippen LogP contribution >= 0.6 is 11.6 Å². The van der Waals surface area contributed by atoms with Crippen molar-refractivity contribution in [2.75, 3.05) is 17.9 Å². The van der Waals surface area contributed by atoms with Gasteiger partial charge in [0.2, 0.25) is 0 Å². The number of halogens is 1. The molecule has 0 saturated heterocycles. The van der Waals surface area contributed by atoms with Crippen LogP contribution in [0.4, 0.5) is 5.69 Å². The van der Waals surface area contributed by atoms with E-state index in [4.69, 9.17) is 16.3 Å². The van der Waals surface area contributed by atoms with Crippen molar-refractivity contribution in [2.24, 2.45) is 5.92 Å². The number of benzene rings is 2. The van der Waals surface area contributed by atoms with Gasteiger partial charge in [0.1, 0.15) is 5.75 Å². The Balaban J connectivity index is 1.76. The van der Waals surface area contributed by atoms with Crippen molar-refractivity contribution in [2.45, 2.75) is 24.7 Å². The van der Waals surface area contributed by atoms with E-state index >= 15 is 0 Å². The smallest absolute Gasteiger partial charge is 0.261 e. The lowest BCUT2D eigenvalue weighted by Gasteiger charge is -2.11. The lowest BCUT2D eigenvalue weighted by molar-refractivity contribution is 0.0951. The van der Waals surface area contributed by atoms with E-state index in [-0.39, 0.29) is 21.4 Å². The molecule has 1 amide bonds. The number of amides is 1. The van der Waals surface area contributed by atoms with Crippen molar-refractivity contribution < 1.29 is 17.9 Å². The average molecular weight is 409 g/mol. The fraction of sp³-hybridized carbons (Fsp3) is 0.316. The van der Waals surface area contributed by atoms with Crippen LogP contribution in [-0.4, -0.2) is 27.5 Å². The summed E-state index contributed by atoms with van der Waals surface area (Å²) in [5.74, 6) is 0.799. The largest absolute Gasteiger partial charge is 0.494 e. The Bertz CT molecular complexity index is 925. The minimum absolute atomic E-state index is 0.0302. The SMILES string of the molecule is CCOc1ccc(NS(=O)(=O)c2ccc(Cl)c(C(=O)NCC3CC3)c2)cc1. The Kier molecular flexibility index (Phi) is 5.92. The number of carbonyl (C=O) groups excluding carboxylic acids is 1. The zero-order chi connectivity index (χ0) is 19.4. The molecule has 0 atom stereocenters. The van der Waals surface area contributed by atoms with Gasteiger partial charge in [-0.15, -0.1) is 0 Å². The van der Waals surface area contributed by atoms with Crippen molar-refractivity contribution >= 4 is 33.2 Å². The molecule has 3 rings (SSSR count). The summed E-state index contributed by atoms with van der Waals surface area (Å²) in [6, 6.07) is 10.7. The molecule has 2 aromatic carbocycles. The number of hydrogen-bond donors (Lipinski definition) is 2. The van der Waals surface area contributed by atoms with E-state index in [2.05, 4.69) is 10.0 Å². The number of carbonyl (C=O) groups is 1. The van der Waals surface area contributed by atoms with E-state index in [0.717, 1.165) is 12.8 Å². The molecule has 0 aromatic heterocycles. The van der Waals surface area contributed by atoms with Crippen molar-refractivity contribution in [3.63, 3.8) is 0 Å². The highest BCUT2D eigenvalue weighted by molar-refractivity contribution is 7.92. The summed E-state index contributed by atoms with van der Waals surface area (Å²) in [6.45, 7) is 2.98. The van der Waals surface area contributed by atoms with Gasteiger partial charge in [-0.3, -0.25) is 9.52 Å². The summed E-state index contributed by atoms with van der Waals surface area (Å²) in [7, 11) is -3.86. The first-order valence-electron chi connectivity index (χ1n) is 8.72. The van der Waals surface area contributed by atoms with Gasteiger partial charge in [-0.05, 0) is 68.1 Å². The van der Waals surface area contributed by atoms with Gasteiger partial charge in [0.25, 0.3) is 15.9 Å². The number of rotatable bonds is 8. The summed E-state index contributed by atoms with van der Waals surface area (Å²) in [5.41, 5.74) is 0.542. The number of anilines is 1. The standard InChI is InChI=1S/C19H21ClN2O4S/c1-2-26-15-7-5-14(6-8-15)22-27(24,25)16-9-10-18(20)17(11-16)19(23)21-12-13-3-4-13/h5-11,13,22H,2-4,12H2,1H3,(H,21,23). The lowest BCUT2D eigenvalue weighted by Crippen LogP contribution is -2.26. The van der Waals surface area contributed by atoms with Gasteiger partial charge >= 0.3 is 0 Å². The molecule has 2 aromatic rings. The highest BCUT2D eigenvalue weighted by atomic mass is 35.5. The maximum atomic E-state index is 12.7. The number of hydrogen-bond acceptors (Lipinski definition) is 4. The minimum atomic E-state index is -3.86. The van der Waals surface area contributed by atoms with Gasteiger partial charge in [-0.25, -0.2) is 8.42 Å². The molecule has 0 aliphatic heterocycles. The van der Waals surface area contributed by atoms with Crippen LogP contribution in [0.15, 0.2) is 47.4 Å². The van der Waals surface area contributed by atoms with Gasteiger partial charge in [0.15, 0.2) is 0 Å². The van der Waals surface area contributed by atoms with Crippen molar-refractivity contribution in [3.05, 3.63) is 53.1 Å². The van der Waals surface area contributed by atoms with E-state index in [1.807, 2.05) is 6.92 Å². The van der Waals surface area contributed by atoms with Crippen LogP contribution < -0.4 is 14.8 Å². The molecule has 27 heavy (non-hydrogen) atoms. The summed E-state index contributed by atoms with van der Waals surface area (Å²) < 4.78 is 33.1. The Morgan fingerprint density at radius 2 is 1.89 bits per heavy atom. The first-order valence-corrected chi connectivity index (χ1v) is 10.6. The fourth-order valence-corrected chi connectivity index (χ4v) is 3.79. The molecule has 6 nitrogen and oxygen atoms in total. The topological polar surface area (TPSA) is 84.5 Å². The first-order chi connectivity index (χ1) is 12.9. The molecule has 0 heterocycles. The molecule has 1 aliphatic carbocycles. The zero-order valence-electron chi connectivity index (χ0n) is 14.9. The second kappa shape index (κ2) is 8.19. The van der Waals surface area contributed by atoms with Crippen molar-refractivity contribution in [1.29, 1.82) is 0 Å². The third kappa shape index (κ3) is 5.14. The second-order valence-electron chi connectivity index (χ2n) is 6.36. The van der Waals surface area contributed by atoms with Gasteiger partial charge < -0.3 is 10.1 Å². The Hall–Kier alpha value is -2.25. The van der Waals surface area contributed by atoms with Gasteiger partial charge in [-0.2, -0.15) is 0 Å². The molecule has 8 heteroatoms. The third-order valence-electron chi connectivity index (χ3n) is 4.16. The lowest BCUT2D eigenvalue weighted by atomic mass is 10.2. The summed E-state index contributed by atoms with van der Waals surface area (Å²) in [4.78, 5) is 12.3. The van der Waals surface area contributed by atoms with Crippen molar-refractivity contribution in [3.8, 4) is 5.75 Å². The second-order valence-corrected chi connectivity index (χ2v) is 8.45. The number of ether oxygens (including phenoxy) is 1. The van der Waals surface area contributed by atoms with Crippen LogP contribution in [0.25, 0.3) is 0 Å². The Morgan fingerprint density at radius 3 is 2.52 bits per heavy atom. The fourth-order valence-electron chi connectivity index (χ4n) is 2.50. The predicted octanol–water partition coefficient (Wildman–Crippen LogP) is 3.68. The molecule has 0 radical (unpaired) electrons. The number of nitrogens with one attached hydrogen (secondary N) is 2. The normalized spacial score (nSPS) is 13.9. The maximum absolute atomic E-state index is 12.7. The molecule has 0 unspecified atom stereocenters. The van der Waals surface area contributed by atoms with Gasteiger partial charge in [0.05, 0.1) is 22.1 Å². The molecule has 0 bridgehead atoms. The molecular formula is C19H21ClN2O4S. The first kappa shape index (κ1) is 19.5. The van der Waals surface area contributed by atoms with Crippen LogP contribution in [0.5, 0.6) is 5.75 Å². The van der Waals surface area contributed by atoms with Gasteiger partial charge in [0, 0.05) is 12.2 Å². The third-order valence-corrected chi connectivity index (χ3v) is 5.87. The van der Waals surface area contributed by atoms with Crippen LogP contribution in [-0.2, 0) is 10.0 Å². The Labute approximate surface area is 163 Å². The van der Waals surface area contributed by atoms with Crippen LogP contribution in [0.3, 0.4) is 0 Å². The molecular weight excluding hydrogens is 388 g/mol. The molecule has 144 valence electrons. The van der Waals surface area contributed by atoms with E-state index in [9.17, 15) is 13.2 Å². The highest BCUT2D eigenvalue weighted by Crippen LogP contribution is 2.28. The average Bonchev–Trinajstić information content (AvgIpc) is 3.46. The monoisotopic (exact) mass is 408 g/mol. The highest BCUT2D eigenvalue weighted by Gasteiger charge is 2.23. The number of sulfonamides is 1. The quantitative estimate of drug-likeness (QED) is 0.697. The molecule has 2 N–H and O–H groups in total. The molecule has 1 fully saturated rings. The maximum Gasteiger partial charge on any atom is 0.261 e. The van der Waals surface area contributed by atoms with Crippen LogP contribution in [0.1, 0.15) is 30.1 Å². The summed E-state index contributed by atoms with van der Waals surface area (Å²) in [5, 5.41) is 3.01. The van der Waals surface area contributed by atoms with Crippen LogP contribution in [0.2, 0.25) is 5.02 Å². The minimum Gasteiger partial charge on any atom is -0.494 e. The van der Waals surface area contributed by atoms with E-state index in [1.54, 1.807) is 24.3 Å². The summed E-state index contributed by atoms with van der Waals surface area (Å²) >= 11 is 6.09. The zero-order valence-corrected chi connectivity index (χ0v) is 16.4. The van der Waals surface area contributed by atoms with E-state index < -0.39 is 10.0 Å². The summed E-state index contributed by atoms with van der Waals surface area (Å²) in [6.07, 6.45) is 2.21. The predicted molar refractivity (Wildman–Crippen MR) is 105 cm³/mol. The molecule has 0 spiro atoms. The van der Waals surface area contributed by atoms with E-state index in [0.29, 0.717) is 30.5 Å². The van der Waals surface area contributed by atoms with Crippen molar-refractivity contribution in [1.82, 2.24) is 5.32 Å². The molecule has 1 aliphatic rings. The Morgan fingerprint density at radius 1 is 1.19 bits per heavy atom.